The van der Waals surface area contributed by atoms with Gasteiger partial charge in [-0.25, -0.2) is 0 Å². The van der Waals surface area contributed by atoms with Gasteiger partial charge in [0, 0.05) is 0 Å². The zero-order valence-electron chi connectivity index (χ0n) is 7.59. The van der Waals surface area contributed by atoms with Crippen LogP contribution in [0, 0.1) is 0 Å². The Hall–Kier alpha value is 0.699. The first kappa shape index (κ1) is 24.1. The molecule has 93 valence electrons. The van der Waals surface area contributed by atoms with Gasteiger partial charge < -0.3 is 46.1 Å². The third-order valence-electron chi connectivity index (χ3n) is 1.04. The molecule has 0 saturated heterocycles. The number of hydrogen-bond acceptors (Lipinski definition) is 7. The first-order valence-corrected chi connectivity index (χ1v) is 5.35. The predicted molar refractivity (Wildman–Crippen MR) is 37.8 cm³/mol. The number of aliphatic hydroxyl groups is 1. The third kappa shape index (κ3) is 4.97. The van der Waals surface area contributed by atoms with E-state index in [0.29, 0.717) is 0 Å². The van der Waals surface area contributed by atoms with Crippen LogP contribution < -0.4 is 31.9 Å². The van der Waals surface area contributed by atoms with Gasteiger partial charge in [0.1, 0.15) is 5.08 Å². The molecule has 0 aromatic rings. The fourth-order valence-corrected chi connectivity index (χ4v) is 1.35. The molecule has 12 heteroatoms. The number of rotatable bonds is 2. The van der Waals surface area contributed by atoms with Crippen LogP contribution >= 0.6 is 15.2 Å². The van der Waals surface area contributed by atoms with Crippen LogP contribution in [0.5, 0.6) is 0 Å². The van der Waals surface area contributed by atoms with Crippen LogP contribution in [0.1, 0.15) is 6.92 Å². The van der Waals surface area contributed by atoms with Crippen molar-refractivity contribution < 1.29 is 50.9 Å². The molecular weight excluding hydrogens is 290 g/mol. The molecule has 0 aromatic carbocycles. The van der Waals surface area contributed by atoms with E-state index in [0.717, 1.165) is 0 Å². The molecule has 0 amide bonds. The second kappa shape index (κ2) is 6.32. The first-order chi connectivity index (χ1) is 4.50. The summed E-state index contributed by atoms with van der Waals surface area (Å²) in [6.07, 6.45) is 0. The van der Waals surface area contributed by atoms with Gasteiger partial charge in [-0.1, -0.05) is 0 Å². The summed E-state index contributed by atoms with van der Waals surface area (Å²) in [7, 11) is -11.6. The Kier molecular flexibility index (Phi) is 10.9. The Morgan fingerprint density at radius 3 is 1.14 bits per heavy atom. The van der Waals surface area contributed by atoms with Crippen molar-refractivity contribution in [1.29, 1.82) is 0 Å². The van der Waals surface area contributed by atoms with Crippen molar-refractivity contribution in [2.75, 3.05) is 0 Å². The molecule has 0 aliphatic heterocycles. The van der Waals surface area contributed by atoms with E-state index in [1.807, 2.05) is 0 Å². The van der Waals surface area contributed by atoms with Crippen molar-refractivity contribution in [2.45, 2.75) is 12.0 Å². The molecule has 0 aromatic heterocycles. The first-order valence-electron chi connectivity index (χ1n) is 2.27. The third-order valence-corrected chi connectivity index (χ3v) is 4.58. The Balaban J connectivity index is -0.000000167. The van der Waals surface area contributed by atoms with Gasteiger partial charge in [0.2, 0.25) is 0 Å². The molecule has 0 saturated carbocycles. The van der Waals surface area contributed by atoms with Gasteiger partial charge in [-0.05, 0) is 22.1 Å². The minimum Gasteiger partial charge on any atom is -0.808 e. The summed E-state index contributed by atoms with van der Waals surface area (Å²) in [5.74, 6) is 0. The average Bonchev–Trinajstić information content (AvgIpc) is 1.58. The van der Waals surface area contributed by atoms with E-state index in [-0.39, 0.29) is 36.3 Å². The van der Waals surface area contributed by atoms with Gasteiger partial charge in [-0.3, -0.25) is 0 Å². The molecule has 9 nitrogen and oxygen atoms in total. The molecule has 0 aliphatic rings. The Morgan fingerprint density at radius 2 is 1.14 bits per heavy atom. The van der Waals surface area contributed by atoms with Crippen molar-refractivity contribution >= 4 is 15.2 Å². The summed E-state index contributed by atoms with van der Waals surface area (Å²) in [6.45, 7) is 0.133. The largest absolute Gasteiger partial charge is 2.00 e. The maximum atomic E-state index is 9.95. The monoisotopic (exact) mass is 301 g/mol. The SMILES string of the molecule is CC(O)(P(=O)([O-])[O-])P(=O)([O-])[O-].[Cu+2].[NH4+].[NH4+]. The van der Waals surface area contributed by atoms with E-state index in [1.165, 1.54) is 0 Å². The summed E-state index contributed by atoms with van der Waals surface area (Å²) >= 11 is 0. The fraction of sp³-hybridized carbons (Fsp3) is 1.00. The molecule has 0 heterocycles. The topological polar surface area (TPSA) is 220 Å². The van der Waals surface area contributed by atoms with E-state index in [9.17, 15) is 28.7 Å². The molecule has 0 aliphatic carbocycles. The smallest absolute Gasteiger partial charge is 0.808 e. The Morgan fingerprint density at radius 1 is 1.00 bits per heavy atom. The minimum absolute atomic E-state index is 0. The summed E-state index contributed by atoms with van der Waals surface area (Å²) < 4.78 is 19.9. The van der Waals surface area contributed by atoms with Crippen LogP contribution in [0.4, 0.5) is 0 Å². The number of hydrogen-bond donors (Lipinski definition) is 3. The molecule has 0 bridgehead atoms. The van der Waals surface area contributed by atoms with Crippen molar-refractivity contribution in [3.8, 4) is 0 Å². The summed E-state index contributed by atoms with van der Waals surface area (Å²) in [4.78, 5) is 39.8. The molecule has 0 unspecified atom stereocenters. The summed E-state index contributed by atoms with van der Waals surface area (Å²) in [5.41, 5.74) is 0. The van der Waals surface area contributed by atoms with Crippen molar-refractivity contribution in [3.05, 3.63) is 0 Å². The zero-order chi connectivity index (χ0) is 9.50. The molecule has 0 fully saturated rings. The van der Waals surface area contributed by atoms with Gasteiger partial charge in [-0.2, -0.15) is 0 Å². The summed E-state index contributed by atoms with van der Waals surface area (Å²) in [5, 5.41) is 4.68. The van der Waals surface area contributed by atoms with Crippen molar-refractivity contribution in [1.82, 2.24) is 12.3 Å². The second-order valence-electron chi connectivity index (χ2n) is 1.97. The van der Waals surface area contributed by atoms with Crippen LogP contribution in [-0.4, -0.2) is 10.2 Å². The van der Waals surface area contributed by atoms with Crippen LogP contribution in [-0.2, 0) is 26.2 Å². The Labute approximate surface area is 90.9 Å². The molecule has 0 rings (SSSR count). The quantitative estimate of drug-likeness (QED) is 0.359. The Bertz CT molecular complexity index is 220. The van der Waals surface area contributed by atoms with Crippen LogP contribution in [0.2, 0.25) is 0 Å². The normalized spacial score (nSPS) is 11.9. The van der Waals surface area contributed by atoms with Crippen LogP contribution in [0.25, 0.3) is 0 Å². The average molecular weight is 302 g/mol. The van der Waals surface area contributed by atoms with Gasteiger partial charge >= 0.3 is 17.1 Å². The van der Waals surface area contributed by atoms with E-state index >= 15 is 0 Å². The molecule has 9 N–H and O–H groups in total. The van der Waals surface area contributed by atoms with Gasteiger partial charge in [0.25, 0.3) is 0 Å². The molecule has 14 heavy (non-hydrogen) atoms. The summed E-state index contributed by atoms with van der Waals surface area (Å²) in [6, 6.07) is 0. The zero-order valence-corrected chi connectivity index (χ0v) is 10.3. The van der Waals surface area contributed by atoms with E-state index in [2.05, 4.69) is 0 Å². The maximum absolute atomic E-state index is 9.95. The molecule has 0 atom stereocenters. The maximum Gasteiger partial charge on any atom is 2.00 e. The molecular formula is C2H12CuN2O7P2. The minimum atomic E-state index is -5.82. The van der Waals surface area contributed by atoms with E-state index < -0.39 is 20.3 Å². The van der Waals surface area contributed by atoms with Crippen molar-refractivity contribution in [3.63, 3.8) is 0 Å². The van der Waals surface area contributed by atoms with Gasteiger partial charge in [0.15, 0.2) is 0 Å². The molecule has 1 radical (unpaired) electrons. The van der Waals surface area contributed by atoms with Crippen LogP contribution in [0.3, 0.4) is 0 Å². The van der Waals surface area contributed by atoms with Crippen LogP contribution in [0.15, 0.2) is 0 Å². The van der Waals surface area contributed by atoms with Gasteiger partial charge in [-0.15, -0.1) is 0 Å². The molecule has 0 spiro atoms. The second-order valence-corrected chi connectivity index (χ2v) is 6.05. The number of quaternary nitrogens is 2. The fourth-order valence-electron chi connectivity index (χ4n) is 0.150. The van der Waals surface area contributed by atoms with E-state index in [1.54, 1.807) is 0 Å². The van der Waals surface area contributed by atoms with Crippen molar-refractivity contribution in [2.24, 2.45) is 0 Å². The van der Waals surface area contributed by atoms with Gasteiger partial charge in [0.05, 0.1) is 0 Å². The standard InChI is InChI=1S/C2H8O7P2.Cu.2H3N/c1-2(3,10(4,5)6)11(7,8)9;;;/h3H,1H3,(H2,4,5,6)(H2,7,8,9);;2*1H3/q;+2;;/p-2. The van der Waals surface area contributed by atoms with E-state index in [4.69, 9.17) is 5.11 Å². The predicted octanol–water partition coefficient (Wildman–Crippen LogP) is -2.77.